The van der Waals surface area contributed by atoms with Crippen molar-refractivity contribution >= 4 is 11.8 Å². The molecule has 0 atom stereocenters. The van der Waals surface area contributed by atoms with Gasteiger partial charge in [0.2, 0.25) is 0 Å². The largest absolute Gasteiger partial charge is 0.476 e. The Hall–Kier alpha value is -1.73. The molecular weight excluding hydrogens is 203 g/mol. The Kier molecular flexibility index (Phi) is 2.37. The number of nitrogens with two attached hydrogens (primary N) is 1. The fraction of sp³-hybridized carbons (Fsp3) is 0.333. The van der Waals surface area contributed by atoms with Crippen LogP contribution in [0.4, 0.5) is 19.0 Å². The molecule has 8 heteroatoms. The van der Waals surface area contributed by atoms with Crippen LogP contribution in [0.25, 0.3) is 0 Å². The highest BCUT2D eigenvalue weighted by Crippen LogP contribution is 2.20. The quantitative estimate of drug-likeness (QED) is 0.752. The van der Waals surface area contributed by atoms with Gasteiger partial charge >= 0.3 is 12.1 Å². The van der Waals surface area contributed by atoms with Crippen molar-refractivity contribution in [1.82, 2.24) is 9.55 Å². The third kappa shape index (κ3) is 2.15. The first-order chi connectivity index (χ1) is 6.31. The van der Waals surface area contributed by atoms with E-state index >= 15 is 0 Å². The molecule has 0 aliphatic carbocycles. The number of aromatic carboxylic acids is 1. The molecule has 0 unspecified atom stereocenters. The topological polar surface area (TPSA) is 81.1 Å². The summed E-state index contributed by atoms with van der Waals surface area (Å²) in [6.45, 7) is -1.35. The summed E-state index contributed by atoms with van der Waals surface area (Å²) in [7, 11) is 0. The lowest BCUT2D eigenvalue weighted by Crippen LogP contribution is -2.18. The molecule has 0 aliphatic heterocycles. The third-order valence-corrected chi connectivity index (χ3v) is 1.43. The van der Waals surface area contributed by atoms with E-state index in [0.717, 1.165) is 6.33 Å². The Morgan fingerprint density at radius 2 is 2.21 bits per heavy atom. The number of imidazole rings is 1. The van der Waals surface area contributed by atoms with Crippen LogP contribution < -0.4 is 5.73 Å². The summed E-state index contributed by atoms with van der Waals surface area (Å²) in [5.74, 6) is -1.96. The van der Waals surface area contributed by atoms with E-state index in [2.05, 4.69) is 4.98 Å². The number of rotatable bonds is 2. The first-order valence-corrected chi connectivity index (χ1v) is 3.42. The maximum absolute atomic E-state index is 11.9. The zero-order valence-corrected chi connectivity index (χ0v) is 6.75. The number of carboxylic acid groups (broad SMARTS) is 1. The molecule has 0 aliphatic rings. The Labute approximate surface area is 76.0 Å². The van der Waals surface area contributed by atoms with Crippen LogP contribution in [0.3, 0.4) is 0 Å². The Morgan fingerprint density at radius 3 is 2.57 bits per heavy atom. The van der Waals surface area contributed by atoms with Gasteiger partial charge in [0, 0.05) is 0 Å². The van der Waals surface area contributed by atoms with Crippen LogP contribution in [0.15, 0.2) is 6.33 Å². The summed E-state index contributed by atoms with van der Waals surface area (Å²) < 4.78 is 36.2. The molecule has 5 nitrogen and oxygen atoms in total. The number of carbonyl (C=O) groups is 1. The van der Waals surface area contributed by atoms with Gasteiger partial charge in [-0.2, -0.15) is 13.2 Å². The van der Waals surface area contributed by atoms with Gasteiger partial charge in [0.1, 0.15) is 12.4 Å². The lowest BCUT2D eigenvalue weighted by Gasteiger charge is -2.08. The molecular formula is C6H6F3N3O2. The van der Waals surface area contributed by atoms with Crippen LogP contribution in [0.2, 0.25) is 0 Å². The van der Waals surface area contributed by atoms with Crippen LogP contribution in [0.5, 0.6) is 0 Å². The molecule has 0 fully saturated rings. The molecule has 0 spiro atoms. The van der Waals surface area contributed by atoms with Gasteiger partial charge in [-0.25, -0.2) is 9.78 Å². The fourth-order valence-electron chi connectivity index (χ4n) is 0.876. The average molecular weight is 209 g/mol. The van der Waals surface area contributed by atoms with E-state index in [1.165, 1.54) is 0 Å². The smallest absolute Gasteiger partial charge is 0.406 e. The van der Waals surface area contributed by atoms with E-state index in [4.69, 9.17) is 10.8 Å². The van der Waals surface area contributed by atoms with Crippen LogP contribution in [-0.2, 0) is 6.54 Å². The van der Waals surface area contributed by atoms with Crippen LogP contribution in [-0.4, -0.2) is 26.8 Å². The highest BCUT2D eigenvalue weighted by atomic mass is 19.4. The number of anilines is 1. The summed E-state index contributed by atoms with van der Waals surface area (Å²) in [5, 5.41) is 8.44. The van der Waals surface area contributed by atoms with Crippen molar-refractivity contribution in [1.29, 1.82) is 0 Å². The summed E-state index contributed by atoms with van der Waals surface area (Å²) in [6.07, 6.45) is -3.71. The molecule has 0 aromatic carbocycles. The summed E-state index contributed by atoms with van der Waals surface area (Å²) >= 11 is 0. The zero-order valence-electron chi connectivity index (χ0n) is 6.75. The molecule has 3 N–H and O–H groups in total. The SMILES string of the molecule is Nc1c(C(=O)O)ncn1CC(F)(F)F. The minimum Gasteiger partial charge on any atom is -0.476 e. The number of alkyl halides is 3. The van der Waals surface area contributed by atoms with Gasteiger partial charge in [0.15, 0.2) is 5.69 Å². The predicted octanol–water partition coefficient (Wildman–Crippen LogP) is 0.726. The highest BCUT2D eigenvalue weighted by molar-refractivity contribution is 5.90. The molecule has 0 bridgehead atoms. The van der Waals surface area contributed by atoms with E-state index in [-0.39, 0.29) is 0 Å². The standard InChI is InChI=1S/C6H6F3N3O2/c7-6(8,9)1-12-2-11-3(4(12)10)5(13)14/h2H,1,10H2,(H,13,14). The van der Waals surface area contributed by atoms with Crippen LogP contribution in [0, 0.1) is 0 Å². The van der Waals surface area contributed by atoms with Gasteiger partial charge < -0.3 is 15.4 Å². The van der Waals surface area contributed by atoms with Gasteiger partial charge in [0.25, 0.3) is 0 Å². The lowest BCUT2D eigenvalue weighted by molar-refractivity contribution is -0.140. The molecule has 0 saturated carbocycles. The van der Waals surface area contributed by atoms with E-state index in [0.29, 0.717) is 4.57 Å². The molecule has 1 rings (SSSR count). The molecule has 0 amide bonds. The van der Waals surface area contributed by atoms with Gasteiger partial charge in [-0.1, -0.05) is 0 Å². The Bertz CT molecular complexity index is 358. The summed E-state index contributed by atoms with van der Waals surface area (Å²) in [5.41, 5.74) is 4.56. The Morgan fingerprint density at radius 1 is 1.64 bits per heavy atom. The van der Waals surface area contributed by atoms with Crippen molar-refractivity contribution < 1.29 is 23.1 Å². The van der Waals surface area contributed by atoms with Gasteiger partial charge in [0.05, 0.1) is 6.33 Å². The van der Waals surface area contributed by atoms with Crippen molar-refractivity contribution in [2.24, 2.45) is 0 Å². The maximum atomic E-state index is 11.9. The molecule has 0 saturated heterocycles. The van der Waals surface area contributed by atoms with Gasteiger partial charge in [-0.3, -0.25) is 0 Å². The summed E-state index contributed by atoms with van der Waals surface area (Å²) in [6, 6.07) is 0. The summed E-state index contributed by atoms with van der Waals surface area (Å²) in [4.78, 5) is 13.6. The number of carboxylic acids is 1. The van der Waals surface area contributed by atoms with Crippen molar-refractivity contribution in [3.8, 4) is 0 Å². The van der Waals surface area contributed by atoms with Crippen LogP contribution >= 0.6 is 0 Å². The third-order valence-electron chi connectivity index (χ3n) is 1.43. The molecule has 0 radical (unpaired) electrons. The number of halogens is 3. The number of hydrogen-bond acceptors (Lipinski definition) is 3. The van der Waals surface area contributed by atoms with E-state index in [1.54, 1.807) is 0 Å². The number of aromatic nitrogens is 2. The monoisotopic (exact) mass is 209 g/mol. The molecule has 1 aromatic rings. The first-order valence-electron chi connectivity index (χ1n) is 3.42. The lowest BCUT2D eigenvalue weighted by atomic mass is 10.4. The van der Waals surface area contributed by atoms with E-state index < -0.39 is 30.2 Å². The maximum Gasteiger partial charge on any atom is 0.406 e. The van der Waals surface area contributed by atoms with Crippen molar-refractivity contribution in [2.45, 2.75) is 12.7 Å². The molecule has 78 valence electrons. The number of nitrogens with zero attached hydrogens (tertiary/aromatic N) is 2. The van der Waals surface area contributed by atoms with Gasteiger partial charge in [-0.05, 0) is 0 Å². The van der Waals surface area contributed by atoms with Crippen molar-refractivity contribution in [3.05, 3.63) is 12.0 Å². The predicted molar refractivity (Wildman–Crippen MR) is 39.7 cm³/mol. The zero-order chi connectivity index (χ0) is 10.9. The first kappa shape index (κ1) is 10.4. The fourth-order valence-corrected chi connectivity index (χ4v) is 0.876. The van der Waals surface area contributed by atoms with Gasteiger partial charge in [-0.15, -0.1) is 0 Å². The Balaban J connectivity index is 2.96. The minimum atomic E-state index is -4.45. The van der Waals surface area contributed by atoms with Crippen molar-refractivity contribution in [2.75, 3.05) is 5.73 Å². The second kappa shape index (κ2) is 3.20. The normalized spacial score (nSPS) is 11.6. The van der Waals surface area contributed by atoms with E-state index in [1.807, 2.05) is 0 Å². The molecule has 14 heavy (non-hydrogen) atoms. The average Bonchev–Trinajstić information content (AvgIpc) is 2.29. The van der Waals surface area contributed by atoms with Crippen LogP contribution in [0.1, 0.15) is 10.5 Å². The van der Waals surface area contributed by atoms with Crippen molar-refractivity contribution in [3.63, 3.8) is 0 Å². The van der Waals surface area contributed by atoms with E-state index in [9.17, 15) is 18.0 Å². The second-order valence-electron chi connectivity index (χ2n) is 2.53. The molecule has 1 aromatic heterocycles. The highest BCUT2D eigenvalue weighted by Gasteiger charge is 2.29. The number of nitrogen functional groups attached to an aromatic ring is 1. The second-order valence-corrected chi connectivity index (χ2v) is 2.53. The minimum absolute atomic E-state index is 0.505. The molecule has 1 heterocycles. The number of hydrogen-bond donors (Lipinski definition) is 2.